The van der Waals surface area contributed by atoms with Gasteiger partial charge >= 0.3 is 0 Å². The van der Waals surface area contributed by atoms with Gasteiger partial charge in [0, 0.05) is 25.7 Å². The van der Waals surface area contributed by atoms with Gasteiger partial charge in [0.25, 0.3) is 0 Å². The first kappa shape index (κ1) is 10.4. The van der Waals surface area contributed by atoms with Crippen LogP contribution in [0.25, 0.3) is 11.0 Å². The van der Waals surface area contributed by atoms with Crippen LogP contribution >= 0.6 is 0 Å². The molecule has 1 aromatic carbocycles. The van der Waals surface area contributed by atoms with Crippen molar-refractivity contribution in [2.45, 2.75) is 13.0 Å². The number of benzene rings is 1. The van der Waals surface area contributed by atoms with E-state index in [1.807, 2.05) is 24.3 Å². The van der Waals surface area contributed by atoms with Crippen molar-refractivity contribution in [2.24, 2.45) is 0 Å². The van der Waals surface area contributed by atoms with E-state index in [4.69, 9.17) is 0 Å². The second-order valence-corrected chi connectivity index (χ2v) is 4.40. The Hall–Kier alpha value is -1.75. The Kier molecular flexibility index (Phi) is 2.60. The molecule has 1 saturated heterocycles. The van der Waals surface area contributed by atoms with Crippen molar-refractivity contribution < 1.29 is 0 Å². The summed E-state index contributed by atoms with van der Waals surface area (Å²) in [5.41, 5.74) is 1.75. The zero-order chi connectivity index (χ0) is 11.7. The van der Waals surface area contributed by atoms with E-state index in [0.29, 0.717) is 6.04 Å². The molecule has 0 aliphatic carbocycles. The molecule has 1 aliphatic heterocycles. The first-order valence-corrected chi connectivity index (χ1v) is 5.91. The Morgan fingerprint density at radius 2 is 2.06 bits per heavy atom. The summed E-state index contributed by atoms with van der Waals surface area (Å²) in [5, 5.41) is 11.8. The minimum atomic E-state index is 0.471. The van der Waals surface area contributed by atoms with E-state index >= 15 is 0 Å². The van der Waals surface area contributed by atoms with Crippen molar-refractivity contribution in [1.82, 2.24) is 20.5 Å². The van der Waals surface area contributed by atoms with Gasteiger partial charge in [-0.3, -0.25) is 0 Å². The summed E-state index contributed by atoms with van der Waals surface area (Å²) in [5.74, 6) is 0.733. The van der Waals surface area contributed by atoms with E-state index in [-0.39, 0.29) is 0 Å². The second kappa shape index (κ2) is 4.25. The molecule has 0 bridgehead atoms. The molecule has 0 unspecified atom stereocenters. The lowest BCUT2D eigenvalue weighted by atomic mass is 10.2. The maximum atomic E-state index is 4.56. The number of anilines is 1. The van der Waals surface area contributed by atoms with Crippen LogP contribution in [-0.4, -0.2) is 40.9 Å². The largest absolute Gasteiger partial charge is 0.337 e. The van der Waals surface area contributed by atoms with Crippen molar-refractivity contribution in [3.05, 3.63) is 24.3 Å². The Bertz CT molecular complexity index is 527. The SMILES string of the molecule is C[C@@H]1CN(c2nnc3ccccc3n2)CCN1. The third-order valence-electron chi connectivity index (χ3n) is 3.00. The fourth-order valence-corrected chi connectivity index (χ4v) is 2.12. The number of hydrogen-bond donors (Lipinski definition) is 1. The summed E-state index contributed by atoms with van der Waals surface area (Å²) in [6.45, 7) is 5.00. The molecule has 3 rings (SSSR count). The summed E-state index contributed by atoms with van der Waals surface area (Å²) < 4.78 is 0. The van der Waals surface area contributed by atoms with Gasteiger partial charge in [0.1, 0.15) is 5.52 Å². The van der Waals surface area contributed by atoms with E-state index < -0.39 is 0 Å². The number of nitrogens with zero attached hydrogens (tertiary/aromatic N) is 4. The second-order valence-electron chi connectivity index (χ2n) is 4.40. The van der Waals surface area contributed by atoms with Crippen LogP contribution in [0.1, 0.15) is 6.92 Å². The van der Waals surface area contributed by atoms with Gasteiger partial charge in [-0.25, -0.2) is 4.98 Å². The number of piperazine rings is 1. The Balaban J connectivity index is 1.94. The van der Waals surface area contributed by atoms with Gasteiger partial charge in [0.15, 0.2) is 0 Å². The highest BCUT2D eigenvalue weighted by Gasteiger charge is 2.18. The van der Waals surface area contributed by atoms with Gasteiger partial charge in [-0.05, 0) is 19.1 Å². The molecule has 2 aromatic rings. The quantitative estimate of drug-likeness (QED) is 0.784. The molecule has 0 saturated carbocycles. The third kappa shape index (κ3) is 2.06. The fourth-order valence-electron chi connectivity index (χ4n) is 2.12. The first-order chi connectivity index (χ1) is 8.33. The lowest BCUT2D eigenvalue weighted by Crippen LogP contribution is -2.49. The van der Waals surface area contributed by atoms with Crippen LogP contribution in [0.2, 0.25) is 0 Å². The molecule has 1 atom stereocenters. The summed E-state index contributed by atoms with van der Waals surface area (Å²) >= 11 is 0. The van der Waals surface area contributed by atoms with E-state index in [2.05, 4.69) is 32.3 Å². The van der Waals surface area contributed by atoms with Gasteiger partial charge in [-0.15, -0.1) is 10.2 Å². The Labute approximate surface area is 99.9 Å². The third-order valence-corrected chi connectivity index (χ3v) is 3.00. The molecule has 88 valence electrons. The average molecular weight is 229 g/mol. The van der Waals surface area contributed by atoms with Crippen molar-refractivity contribution in [1.29, 1.82) is 0 Å². The zero-order valence-corrected chi connectivity index (χ0v) is 9.80. The molecule has 0 radical (unpaired) electrons. The molecule has 0 spiro atoms. The van der Waals surface area contributed by atoms with Gasteiger partial charge < -0.3 is 10.2 Å². The normalized spacial score (nSPS) is 20.8. The number of nitrogens with one attached hydrogen (secondary N) is 1. The number of rotatable bonds is 1. The highest BCUT2D eigenvalue weighted by molar-refractivity contribution is 5.74. The van der Waals surface area contributed by atoms with Crippen LogP contribution in [0.3, 0.4) is 0 Å². The maximum Gasteiger partial charge on any atom is 0.246 e. The minimum Gasteiger partial charge on any atom is -0.337 e. The maximum absolute atomic E-state index is 4.56. The van der Waals surface area contributed by atoms with Gasteiger partial charge in [-0.2, -0.15) is 0 Å². The molecule has 1 aliphatic rings. The average Bonchev–Trinajstić information content (AvgIpc) is 2.38. The van der Waals surface area contributed by atoms with E-state index in [1.54, 1.807) is 0 Å². The molecule has 5 nitrogen and oxygen atoms in total. The van der Waals surface area contributed by atoms with Crippen LogP contribution in [0.5, 0.6) is 0 Å². The van der Waals surface area contributed by atoms with Gasteiger partial charge in [0.05, 0.1) is 5.52 Å². The first-order valence-electron chi connectivity index (χ1n) is 5.91. The van der Waals surface area contributed by atoms with Crippen molar-refractivity contribution in [2.75, 3.05) is 24.5 Å². The number of para-hydroxylation sites is 1. The van der Waals surface area contributed by atoms with Crippen LogP contribution in [0, 0.1) is 0 Å². The van der Waals surface area contributed by atoms with Crippen molar-refractivity contribution in [3.8, 4) is 0 Å². The number of fused-ring (bicyclic) bond motifs is 1. The Morgan fingerprint density at radius 3 is 2.88 bits per heavy atom. The van der Waals surface area contributed by atoms with Gasteiger partial charge in [0.2, 0.25) is 5.95 Å². The summed E-state index contributed by atoms with van der Waals surface area (Å²) in [6, 6.07) is 8.30. The number of hydrogen-bond acceptors (Lipinski definition) is 5. The van der Waals surface area contributed by atoms with Crippen molar-refractivity contribution >= 4 is 17.0 Å². The summed E-state index contributed by atoms with van der Waals surface area (Å²) in [4.78, 5) is 6.74. The fraction of sp³-hybridized carbons (Fsp3) is 0.417. The molecular weight excluding hydrogens is 214 g/mol. The minimum absolute atomic E-state index is 0.471. The van der Waals surface area contributed by atoms with E-state index in [0.717, 1.165) is 36.6 Å². The van der Waals surface area contributed by atoms with Crippen LogP contribution in [0.15, 0.2) is 24.3 Å². The van der Waals surface area contributed by atoms with E-state index in [9.17, 15) is 0 Å². The van der Waals surface area contributed by atoms with Crippen LogP contribution < -0.4 is 10.2 Å². The predicted octanol–water partition coefficient (Wildman–Crippen LogP) is 0.823. The predicted molar refractivity (Wildman–Crippen MR) is 67.0 cm³/mol. The van der Waals surface area contributed by atoms with Crippen LogP contribution in [-0.2, 0) is 0 Å². The highest BCUT2D eigenvalue weighted by Crippen LogP contribution is 2.13. The monoisotopic (exact) mass is 229 g/mol. The van der Waals surface area contributed by atoms with Crippen molar-refractivity contribution in [3.63, 3.8) is 0 Å². The smallest absolute Gasteiger partial charge is 0.246 e. The lowest BCUT2D eigenvalue weighted by Gasteiger charge is -2.31. The molecular formula is C12H15N5. The van der Waals surface area contributed by atoms with Crippen LogP contribution in [0.4, 0.5) is 5.95 Å². The summed E-state index contributed by atoms with van der Waals surface area (Å²) in [6.07, 6.45) is 0. The molecule has 1 N–H and O–H groups in total. The topological polar surface area (TPSA) is 53.9 Å². The summed E-state index contributed by atoms with van der Waals surface area (Å²) in [7, 11) is 0. The molecule has 0 amide bonds. The van der Waals surface area contributed by atoms with Gasteiger partial charge in [-0.1, -0.05) is 12.1 Å². The molecule has 1 fully saturated rings. The molecule has 5 heteroatoms. The van der Waals surface area contributed by atoms with E-state index in [1.165, 1.54) is 0 Å². The lowest BCUT2D eigenvalue weighted by molar-refractivity contribution is 0.478. The molecule has 2 heterocycles. The molecule has 1 aromatic heterocycles. The standard InChI is InChI=1S/C12H15N5/c1-9-8-17(7-6-13-9)12-14-10-4-2-3-5-11(10)15-16-12/h2-5,9,13H,6-8H2,1H3/t9-/m1/s1. The number of aromatic nitrogens is 3. The highest BCUT2D eigenvalue weighted by atomic mass is 15.3. The zero-order valence-electron chi connectivity index (χ0n) is 9.80. The molecule has 17 heavy (non-hydrogen) atoms. The Morgan fingerprint density at radius 1 is 1.24 bits per heavy atom.